The lowest BCUT2D eigenvalue weighted by atomic mass is 10.1. The summed E-state index contributed by atoms with van der Waals surface area (Å²) < 4.78 is 0. The first-order valence-corrected chi connectivity index (χ1v) is 10.3. The van der Waals surface area contributed by atoms with Crippen molar-refractivity contribution in [1.29, 1.82) is 0 Å². The number of benzene rings is 2. The molecule has 3 rings (SSSR count). The molecule has 7 heteroatoms. The molecule has 0 aromatic heterocycles. The van der Waals surface area contributed by atoms with Crippen LogP contribution in [-0.2, 0) is 4.79 Å². The molecule has 0 spiro atoms. The Morgan fingerprint density at radius 3 is 2.37 bits per heavy atom. The second-order valence-electron chi connectivity index (χ2n) is 7.07. The van der Waals surface area contributed by atoms with Crippen molar-refractivity contribution in [2.24, 2.45) is 0 Å². The van der Waals surface area contributed by atoms with Gasteiger partial charge in [-0.25, -0.2) is 0 Å². The fourth-order valence-corrected chi connectivity index (χ4v) is 3.48. The van der Waals surface area contributed by atoms with Crippen molar-refractivity contribution in [2.45, 2.75) is 19.3 Å². The van der Waals surface area contributed by atoms with Crippen molar-refractivity contribution >= 4 is 41.1 Å². The van der Waals surface area contributed by atoms with Crippen LogP contribution in [0.3, 0.4) is 0 Å². The minimum atomic E-state index is -0.375. The molecule has 1 aliphatic heterocycles. The normalized spacial score (nSPS) is 13.9. The molecule has 0 radical (unpaired) electrons. The third kappa shape index (κ3) is 5.48. The van der Waals surface area contributed by atoms with E-state index >= 15 is 0 Å². The number of carbonyl (C=O) groups is 3. The molecule has 0 bridgehead atoms. The van der Waals surface area contributed by atoms with E-state index < -0.39 is 0 Å². The molecule has 0 atom stereocenters. The van der Waals surface area contributed by atoms with Crippen molar-refractivity contribution in [1.82, 2.24) is 10.2 Å². The Bertz CT molecular complexity index is 964. The van der Waals surface area contributed by atoms with Gasteiger partial charge >= 0.3 is 0 Å². The second kappa shape index (κ2) is 10.1. The van der Waals surface area contributed by atoms with Gasteiger partial charge in [0.2, 0.25) is 5.91 Å². The molecule has 1 fully saturated rings. The van der Waals surface area contributed by atoms with Crippen molar-refractivity contribution in [3.8, 4) is 0 Å². The summed E-state index contributed by atoms with van der Waals surface area (Å²) in [7, 11) is 1.57. The third-order valence-electron chi connectivity index (χ3n) is 4.94. The number of amides is 3. The standard InChI is InChI=1S/C23H24ClN3O3/c1-25-22(29)17-8-5-16(6-9-17)7-12-21(28)26-20-15-18(24)10-11-19(20)23(30)27-13-3-2-4-14-27/h5-12,15H,2-4,13-14H2,1H3,(H,25,29)(H,26,28)/b12-7+. The number of likely N-dealkylation sites (tertiary alicyclic amines) is 1. The number of hydrogen-bond acceptors (Lipinski definition) is 3. The summed E-state index contributed by atoms with van der Waals surface area (Å²) in [5, 5.41) is 5.76. The first-order chi connectivity index (χ1) is 14.5. The summed E-state index contributed by atoms with van der Waals surface area (Å²) in [6.45, 7) is 1.45. The highest BCUT2D eigenvalue weighted by atomic mass is 35.5. The number of nitrogens with zero attached hydrogens (tertiary/aromatic N) is 1. The molecular weight excluding hydrogens is 402 g/mol. The lowest BCUT2D eigenvalue weighted by Crippen LogP contribution is -2.36. The molecule has 3 amide bonds. The van der Waals surface area contributed by atoms with E-state index in [0.717, 1.165) is 37.9 Å². The summed E-state index contributed by atoms with van der Waals surface area (Å²) in [6, 6.07) is 11.8. The summed E-state index contributed by atoms with van der Waals surface area (Å²) >= 11 is 6.09. The van der Waals surface area contributed by atoms with Crippen LogP contribution in [0.25, 0.3) is 6.08 Å². The Hall–Kier alpha value is -3.12. The van der Waals surface area contributed by atoms with Crippen LogP contribution in [0.4, 0.5) is 5.69 Å². The summed E-state index contributed by atoms with van der Waals surface area (Å²) in [6.07, 6.45) is 6.12. The highest BCUT2D eigenvalue weighted by Gasteiger charge is 2.21. The largest absolute Gasteiger partial charge is 0.355 e. The zero-order chi connectivity index (χ0) is 21.5. The zero-order valence-corrected chi connectivity index (χ0v) is 17.5. The van der Waals surface area contributed by atoms with Gasteiger partial charge in [-0.15, -0.1) is 0 Å². The Balaban J connectivity index is 1.71. The second-order valence-corrected chi connectivity index (χ2v) is 7.50. The molecule has 2 aromatic carbocycles. The summed E-state index contributed by atoms with van der Waals surface area (Å²) in [5.74, 6) is -0.647. The van der Waals surface area contributed by atoms with Crippen LogP contribution in [0.15, 0.2) is 48.5 Å². The first kappa shape index (κ1) is 21.6. The van der Waals surface area contributed by atoms with Crippen LogP contribution >= 0.6 is 11.6 Å². The first-order valence-electron chi connectivity index (χ1n) is 9.88. The molecule has 156 valence electrons. The third-order valence-corrected chi connectivity index (χ3v) is 5.18. The van der Waals surface area contributed by atoms with Crippen LogP contribution in [-0.4, -0.2) is 42.8 Å². The van der Waals surface area contributed by atoms with Gasteiger partial charge in [0.1, 0.15) is 0 Å². The number of rotatable bonds is 5. The number of halogens is 1. The molecule has 6 nitrogen and oxygen atoms in total. The fourth-order valence-electron chi connectivity index (χ4n) is 3.31. The molecule has 2 N–H and O–H groups in total. The number of carbonyl (C=O) groups excluding carboxylic acids is 3. The van der Waals surface area contributed by atoms with Gasteiger partial charge in [0.25, 0.3) is 11.8 Å². The minimum absolute atomic E-state index is 0.101. The smallest absolute Gasteiger partial charge is 0.255 e. The van der Waals surface area contributed by atoms with E-state index in [9.17, 15) is 14.4 Å². The highest BCUT2D eigenvalue weighted by Crippen LogP contribution is 2.24. The molecule has 0 aliphatic carbocycles. The summed E-state index contributed by atoms with van der Waals surface area (Å²) in [5.41, 5.74) is 2.13. The maximum atomic E-state index is 12.9. The molecule has 0 unspecified atom stereocenters. The SMILES string of the molecule is CNC(=O)c1ccc(/C=C/C(=O)Nc2cc(Cl)ccc2C(=O)N2CCCCC2)cc1. The van der Waals surface area contributed by atoms with Crippen LogP contribution in [0.2, 0.25) is 5.02 Å². The molecule has 1 saturated heterocycles. The zero-order valence-electron chi connectivity index (χ0n) is 16.8. The number of anilines is 1. The van der Waals surface area contributed by atoms with Crippen LogP contribution < -0.4 is 10.6 Å². The van der Waals surface area contributed by atoms with E-state index in [1.807, 2.05) is 4.90 Å². The quantitative estimate of drug-likeness (QED) is 0.711. The number of hydrogen-bond donors (Lipinski definition) is 2. The lowest BCUT2D eigenvalue weighted by Gasteiger charge is -2.27. The maximum Gasteiger partial charge on any atom is 0.255 e. The highest BCUT2D eigenvalue weighted by molar-refractivity contribution is 6.31. The van der Waals surface area contributed by atoms with Crippen LogP contribution in [0.1, 0.15) is 45.5 Å². The molecule has 2 aromatic rings. The van der Waals surface area contributed by atoms with Crippen molar-refractivity contribution in [2.75, 3.05) is 25.5 Å². The Labute approximate surface area is 180 Å². The van der Waals surface area contributed by atoms with E-state index in [1.54, 1.807) is 55.6 Å². The topological polar surface area (TPSA) is 78.5 Å². The van der Waals surface area contributed by atoms with Gasteiger partial charge in [-0.3, -0.25) is 14.4 Å². The molecule has 0 saturated carbocycles. The Morgan fingerprint density at radius 2 is 1.70 bits per heavy atom. The van der Waals surface area contributed by atoms with Gasteiger partial charge in [0.15, 0.2) is 0 Å². The van der Waals surface area contributed by atoms with E-state index in [-0.39, 0.29) is 17.7 Å². The van der Waals surface area contributed by atoms with E-state index in [4.69, 9.17) is 11.6 Å². The molecular formula is C23H24ClN3O3. The van der Waals surface area contributed by atoms with Gasteiger partial charge in [-0.2, -0.15) is 0 Å². The number of nitrogens with one attached hydrogen (secondary N) is 2. The average molecular weight is 426 g/mol. The Kier molecular flexibility index (Phi) is 7.25. The van der Waals surface area contributed by atoms with Gasteiger partial charge in [0, 0.05) is 36.8 Å². The molecule has 1 aliphatic rings. The van der Waals surface area contributed by atoms with E-state index in [1.165, 1.54) is 6.08 Å². The lowest BCUT2D eigenvalue weighted by molar-refractivity contribution is -0.111. The van der Waals surface area contributed by atoms with Gasteiger partial charge in [0.05, 0.1) is 11.3 Å². The van der Waals surface area contributed by atoms with Crippen LogP contribution in [0, 0.1) is 0 Å². The van der Waals surface area contributed by atoms with Crippen molar-refractivity contribution in [3.05, 3.63) is 70.3 Å². The van der Waals surface area contributed by atoms with Crippen molar-refractivity contribution in [3.63, 3.8) is 0 Å². The van der Waals surface area contributed by atoms with Crippen LogP contribution in [0.5, 0.6) is 0 Å². The summed E-state index contributed by atoms with van der Waals surface area (Å²) in [4.78, 5) is 38.7. The van der Waals surface area contributed by atoms with E-state index in [2.05, 4.69) is 10.6 Å². The van der Waals surface area contributed by atoms with Gasteiger partial charge in [-0.05, 0) is 61.2 Å². The Morgan fingerprint density at radius 1 is 1.00 bits per heavy atom. The molecule has 1 heterocycles. The monoisotopic (exact) mass is 425 g/mol. The maximum absolute atomic E-state index is 12.9. The number of piperidine rings is 1. The van der Waals surface area contributed by atoms with Gasteiger partial charge in [-0.1, -0.05) is 23.7 Å². The molecule has 30 heavy (non-hydrogen) atoms. The average Bonchev–Trinajstić information content (AvgIpc) is 2.78. The minimum Gasteiger partial charge on any atom is -0.355 e. The predicted octanol–water partition coefficient (Wildman–Crippen LogP) is 3.98. The van der Waals surface area contributed by atoms with Crippen molar-refractivity contribution < 1.29 is 14.4 Å². The fraction of sp³-hybridized carbons (Fsp3) is 0.261. The predicted molar refractivity (Wildman–Crippen MR) is 119 cm³/mol. The van der Waals surface area contributed by atoms with Gasteiger partial charge < -0.3 is 15.5 Å². The van der Waals surface area contributed by atoms with E-state index in [0.29, 0.717) is 21.8 Å².